The molecule has 0 bridgehead atoms. The molecule has 0 radical (unpaired) electrons. The van der Waals surface area contributed by atoms with Crippen molar-refractivity contribution in [1.29, 1.82) is 0 Å². The van der Waals surface area contributed by atoms with E-state index in [-0.39, 0.29) is 5.91 Å². The van der Waals surface area contributed by atoms with Crippen LogP contribution in [0.5, 0.6) is 0 Å². The van der Waals surface area contributed by atoms with E-state index in [1.54, 1.807) is 18.0 Å². The van der Waals surface area contributed by atoms with Gasteiger partial charge in [-0.1, -0.05) is 13.8 Å². The third-order valence-corrected chi connectivity index (χ3v) is 2.55. The minimum absolute atomic E-state index is 0.0238. The predicted molar refractivity (Wildman–Crippen MR) is 64.1 cm³/mol. The molecule has 1 N–H and O–H groups in total. The van der Waals surface area contributed by atoms with Gasteiger partial charge in [0, 0.05) is 17.5 Å². The number of rotatable bonds is 4. The van der Waals surface area contributed by atoms with Crippen LogP contribution in [0, 0.1) is 5.92 Å². The van der Waals surface area contributed by atoms with E-state index in [0.29, 0.717) is 18.2 Å². The van der Waals surface area contributed by atoms with E-state index in [0.717, 1.165) is 4.90 Å². The van der Waals surface area contributed by atoms with Crippen molar-refractivity contribution in [3.8, 4) is 0 Å². The number of nitrogens with one attached hydrogen (secondary N) is 1. The van der Waals surface area contributed by atoms with E-state index in [2.05, 4.69) is 10.3 Å². The summed E-state index contributed by atoms with van der Waals surface area (Å²) in [6.07, 6.45) is 4.23. The van der Waals surface area contributed by atoms with Gasteiger partial charge in [-0.05, 0) is 24.3 Å². The molecule has 0 aliphatic rings. The molecule has 0 unspecified atom stereocenters. The Bertz CT molecular complexity index is 339. The molecular weight excluding hydrogens is 208 g/mol. The molecule has 0 aliphatic carbocycles. The quantitative estimate of drug-likeness (QED) is 0.800. The van der Waals surface area contributed by atoms with Gasteiger partial charge in [0.05, 0.1) is 0 Å². The number of carbonyl (C=O) groups excluding carboxylic acids is 1. The molecule has 1 heterocycles. The second-order valence-corrected chi connectivity index (χ2v) is 4.61. The van der Waals surface area contributed by atoms with Gasteiger partial charge in [0.25, 0.3) is 0 Å². The second-order valence-electron chi connectivity index (χ2n) is 3.73. The fourth-order valence-corrected chi connectivity index (χ4v) is 1.60. The standard InChI is InChI=1S/C11H16N2OS/c1-8(2)6-11(14)13-10-7-9(15-3)4-5-12-10/h4-5,7-8H,6H2,1-3H3,(H,12,13,14). The molecule has 0 fully saturated rings. The molecule has 4 heteroatoms. The van der Waals surface area contributed by atoms with Crippen LogP contribution in [0.1, 0.15) is 20.3 Å². The Balaban J connectivity index is 2.60. The average molecular weight is 224 g/mol. The maximum Gasteiger partial charge on any atom is 0.225 e. The number of nitrogens with zero attached hydrogens (tertiary/aromatic N) is 1. The lowest BCUT2D eigenvalue weighted by atomic mass is 10.1. The van der Waals surface area contributed by atoms with E-state index >= 15 is 0 Å². The van der Waals surface area contributed by atoms with E-state index in [1.807, 2.05) is 32.2 Å². The van der Waals surface area contributed by atoms with Crippen molar-refractivity contribution in [1.82, 2.24) is 4.98 Å². The Labute approximate surface area is 94.7 Å². The molecule has 0 saturated carbocycles. The van der Waals surface area contributed by atoms with Gasteiger partial charge >= 0.3 is 0 Å². The SMILES string of the molecule is CSc1ccnc(NC(=O)CC(C)C)c1. The zero-order valence-corrected chi connectivity index (χ0v) is 10.1. The highest BCUT2D eigenvalue weighted by Gasteiger charge is 2.05. The maximum absolute atomic E-state index is 11.5. The molecule has 1 aromatic rings. The van der Waals surface area contributed by atoms with Crippen LogP contribution >= 0.6 is 11.8 Å². The molecule has 1 rings (SSSR count). The fourth-order valence-electron chi connectivity index (χ4n) is 1.17. The van der Waals surface area contributed by atoms with Gasteiger partial charge in [-0.2, -0.15) is 0 Å². The van der Waals surface area contributed by atoms with Crippen LogP contribution in [-0.2, 0) is 4.79 Å². The van der Waals surface area contributed by atoms with Crippen molar-refractivity contribution >= 4 is 23.5 Å². The number of hydrogen-bond donors (Lipinski definition) is 1. The summed E-state index contributed by atoms with van der Waals surface area (Å²) in [7, 11) is 0. The summed E-state index contributed by atoms with van der Waals surface area (Å²) < 4.78 is 0. The Morgan fingerprint density at radius 3 is 2.93 bits per heavy atom. The number of thioether (sulfide) groups is 1. The number of pyridine rings is 1. The largest absolute Gasteiger partial charge is 0.311 e. The molecule has 1 aromatic heterocycles. The first-order valence-corrected chi connectivity index (χ1v) is 6.14. The summed E-state index contributed by atoms with van der Waals surface area (Å²) in [5.41, 5.74) is 0. The molecule has 15 heavy (non-hydrogen) atoms. The Morgan fingerprint density at radius 1 is 1.60 bits per heavy atom. The Morgan fingerprint density at radius 2 is 2.33 bits per heavy atom. The van der Waals surface area contributed by atoms with Crippen LogP contribution in [-0.4, -0.2) is 17.1 Å². The summed E-state index contributed by atoms with van der Waals surface area (Å²) in [5, 5.41) is 2.78. The van der Waals surface area contributed by atoms with Crippen molar-refractivity contribution in [3.05, 3.63) is 18.3 Å². The highest BCUT2D eigenvalue weighted by molar-refractivity contribution is 7.98. The van der Waals surface area contributed by atoms with Crippen molar-refractivity contribution < 1.29 is 4.79 Å². The highest BCUT2D eigenvalue weighted by atomic mass is 32.2. The number of aromatic nitrogens is 1. The zero-order valence-electron chi connectivity index (χ0n) is 9.28. The first kappa shape index (κ1) is 12.0. The molecule has 0 aliphatic heterocycles. The molecule has 0 aromatic carbocycles. The highest BCUT2D eigenvalue weighted by Crippen LogP contribution is 2.17. The van der Waals surface area contributed by atoms with E-state index in [9.17, 15) is 4.79 Å². The lowest BCUT2D eigenvalue weighted by Gasteiger charge is -2.06. The van der Waals surface area contributed by atoms with Crippen LogP contribution < -0.4 is 5.32 Å². The summed E-state index contributed by atoms with van der Waals surface area (Å²) in [5.74, 6) is 1.02. The minimum Gasteiger partial charge on any atom is -0.311 e. The van der Waals surface area contributed by atoms with Gasteiger partial charge < -0.3 is 5.32 Å². The minimum atomic E-state index is 0.0238. The normalized spacial score (nSPS) is 10.4. The topological polar surface area (TPSA) is 42.0 Å². The molecule has 82 valence electrons. The van der Waals surface area contributed by atoms with Crippen molar-refractivity contribution in [2.75, 3.05) is 11.6 Å². The van der Waals surface area contributed by atoms with Gasteiger partial charge in [0.1, 0.15) is 5.82 Å². The number of hydrogen-bond acceptors (Lipinski definition) is 3. The van der Waals surface area contributed by atoms with Crippen LogP contribution in [0.2, 0.25) is 0 Å². The zero-order chi connectivity index (χ0) is 11.3. The maximum atomic E-state index is 11.5. The smallest absolute Gasteiger partial charge is 0.225 e. The van der Waals surface area contributed by atoms with Crippen molar-refractivity contribution in [2.45, 2.75) is 25.2 Å². The first-order chi connectivity index (χ1) is 7.11. The van der Waals surface area contributed by atoms with Crippen LogP contribution in [0.4, 0.5) is 5.82 Å². The summed E-state index contributed by atoms with van der Waals surface area (Å²) in [6, 6.07) is 3.80. The first-order valence-electron chi connectivity index (χ1n) is 4.91. The fraction of sp³-hybridized carbons (Fsp3) is 0.455. The van der Waals surface area contributed by atoms with Gasteiger partial charge in [0.2, 0.25) is 5.91 Å². The number of anilines is 1. The van der Waals surface area contributed by atoms with E-state index in [4.69, 9.17) is 0 Å². The van der Waals surface area contributed by atoms with Gasteiger partial charge in [-0.3, -0.25) is 4.79 Å². The monoisotopic (exact) mass is 224 g/mol. The van der Waals surface area contributed by atoms with Crippen LogP contribution in [0.3, 0.4) is 0 Å². The molecule has 0 saturated heterocycles. The van der Waals surface area contributed by atoms with Gasteiger partial charge in [-0.25, -0.2) is 4.98 Å². The Kier molecular flexibility index (Phi) is 4.62. The summed E-state index contributed by atoms with van der Waals surface area (Å²) in [6.45, 7) is 4.04. The predicted octanol–water partition coefficient (Wildman–Crippen LogP) is 2.79. The summed E-state index contributed by atoms with van der Waals surface area (Å²) in [4.78, 5) is 16.7. The number of carbonyl (C=O) groups is 1. The Hall–Kier alpha value is -1.03. The van der Waals surface area contributed by atoms with Crippen LogP contribution in [0.15, 0.2) is 23.2 Å². The second kappa shape index (κ2) is 5.75. The molecule has 0 atom stereocenters. The number of amides is 1. The van der Waals surface area contributed by atoms with Crippen molar-refractivity contribution in [3.63, 3.8) is 0 Å². The molecule has 0 spiro atoms. The lowest BCUT2D eigenvalue weighted by Crippen LogP contribution is -2.14. The average Bonchev–Trinajstić information content (AvgIpc) is 2.16. The molecular formula is C11H16N2OS. The van der Waals surface area contributed by atoms with E-state index in [1.165, 1.54) is 0 Å². The van der Waals surface area contributed by atoms with Crippen LogP contribution in [0.25, 0.3) is 0 Å². The van der Waals surface area contributed by atoms with Crippen molar-refractivity contribution in [2.24, 2.45) is 5.92 Å². The van der Waals surface area contributed by atoms with E-state index < -0.39 is 0 Å². The van der Waals surface area contributed by atoms with Gasteiger partial charge in [-0.15, -0.1) is 11.8 Å². The van der Waals surface area contributed by atoms with Gasteiger partial charge in [0.15, 0.2) is 0 Å². The molecule has 3 nitrogen and oxygen atoms in total. The lowest BCUT2D eigenvalue weighted by molar-refractivity contribution is -0.116. The molecule has 1 amide bonds. The summed E-state index contributed by atoms with van der Waals surface area (Å²) >= 11 is 1.63. The third-order valence-electron chi connectivity index (χ3n) is 1.83. The third kappa shape index (κ3) is 4.34.